The minimum Gasteiger partial charge on any atom is -0.415 e. The number of nitrogens with two attached hydrogens (primary N) is 2. The first kappa shape index (κ1) is 20.5. The topological polar surface area (TPSA) is 137 Å². The molecule has 0 fully saturated rings. The number of hydrogen-bond acceptors (Lipinski definition) is 8. The van der Waals surface area contributed by atoms with Gasteiger partial charge < -0.3 is 20.8 Å². The van der Waals surface area contributed by atoms with E-state index in [0.717, 1.165) is 5.56 Å². The molecule has 9 heteroatoms. The summed E-state index contributed by atoms with van der Waals surface area (Å²) >= 11 is 0. The minimum atomic E-state index is -0.0773. The maximum Gasteiger partial charge on any atom is 0.267 e. The second-order valence-electron chi connectivity index (χ2n) is 6.51. The van der Waals surface area contributed by atoms with Gasteiger partial charge in [-0.1, -0.05) is 18.7 Å². The maximum absolute atomic E-state index is 12.0. The van der Waals surface area contributed by atoms with Crippen LogP contribution in [0.2, 0.25) is 0 Å². The van der Waals surface area contributed by atoms with E-state index in [2.05, 4.69) is 26.8 Å². The molecule has 0 aliphatic heterocycles. The first-order valence-electron chi connectivity index (χ1n) is 8.91. The van der Waals surface area contributed by atoms with Crippen LogP contribution in [0.15, 0.2) is 70.6 Å². The summed E-state index contributed by atoms with van der Waals surface area (Å²) in [4.78, 5) is 21.5. The predicted molar refractivity (Wildman–Crippen MR) is 115 cm³/mol. The molecule has 152 valence electrons. The van der Waals surface area contributed by atoms with Gasteiger partial charge in [-0.3, -0.25) is 9.78 Å². The van der Waals surface area contributed by atoms with Crippen molar-refractivity contribution in [2.75, 3.05) is 14.1 Å². The van der Waals surface area contributed by atoms with E-state index in [1.54, 1.807) is 62.9 Å². The fraction of sp³-hybridized carbons (Fsp3) is 0.0952. The monoisotopic (exact) mass is 403 g/mol. The molecule has 0 unspecified atom stereocenters. The molecule has 2 heterocycles. The summed E-state index contributed by atoms with van der Waals surface area (Å²) in [5.74, 6) is 0.296. The maximum atomic E-state index is 12.0. The molecule has 0 atom stereocenters. The predicted octanol–water partition coefficient (Wildman–Crippen LogP) is 2.16. The number of aromatic nitrogens is 3. The first-order chi connectivity index (χ1) is 14.4. The Balaban J connectivity index is 1.73. The number of carbonyl (C=O) groups is 1. The lowest BCUT2D eigenvalue weighted by molar-refractivity contribution is 0.0827. The van der Waals surface area contributed by atoms with E-state index in [9.17, 15) is 4.79 Å². The average Bonchev–Trinajstić information content (AvgIpc) is 3.27. The van der Waals surface area contributed by atoms with E-state index in [0.29, 0.717) is 22.6 Å². The van der Waals surface area contributed by atoms with Crippen molar-refractivity contribution in [3.63, 3.8) is 0 Å². The summed E-state index contributed by atoms with van der Waals surface area (Å²) < 4.78 is 5.55. The molecule has 3 aromatic rings. The Labute approximate surface area is 173 Å². The number of pyridine rings is 1. The second kappa shape index (κ2) is 8.82. The van der Waals surface area contributed by atoms with E-state index in [1.807, 2.05) is 0 Å². The summed E-state index contributed by atoms with van der Waals surface area (Å²) in [6.45, 7) is 3.96. The molecule has 2 aromatic heterocycles. The molecule has 0 saturated heterocycles. The lowest BCUT2D eigenvalue weighted by Crippen LogP contribution is -2.21. The van der Waals surface area contributed by atoms with Gasteiger partial charge in [0.05, 0.1) is 0 Å². The van der Waals surface area contributed by atoms with Gasteiger partial charge in [0.1, 0.15) is 5.70 Å². The molecule has 0 aliphatic carbocycles. The lowest BCUT2D eigenvalue weighted by Gasteiger charge is -2.10. The normalized spacial score (nSPS) is 11.9. The van der Waals surface area contributed by atoms with Gasteiger partial charge in [0.15, 0.2) is 5.82 Å². The molecular formula is C21H21N7O2. The van der Waals surface area contributed by atoms with Crippen LogP contribution >= 0.6 is 0 Å². The molecule has 30 heavy (non-hydrogen) atoms. The van der Waals surface area contributed by atoms with Crippen molar-refractivity contribution in [3.8, 4) is 11.5 Å². The molecule has 9 nitrogen and oxygen atoms in total. The third-order valence-corrected chi connectivity index (χ3v) is 4.13. The summed E-state index contributed by atoms with van der Waals surface area (Å²) in [6.07, 6.45) is 4.71. The van der Waals surface area contributed by atoms with E-state index >= 15 is 0 Å². The second-order valence-corrected chi connectivity index (χ2v) is 6.51. The molecule has 0 spiro atoms. The van der Waals surface area contributed by atoms with Gasteiger partial charge in [-0.15, -0.1) is 10.2 Å². The molecule has 0 saturated carbocycles. The molecule has 0 aliphatic rings. The van der Waals surface area contributed by atoms with Gasteiger partial charge in [0.25, 0.3) is 11.8 Å². The van der Waals surface area contributed by atoms with Crippen LogP contribution < -0.4 is 11.5 Å². The number of nitrogens with zero attached hydrogens (tertiary/aromatic N) is 5. The Bertz CT molecular complexity index is 1110. The SMILES string of the molecule is C=C(/C=N\C(N)=C(/N)c1nnc(-c2ccncc2)o1)c1ccc(C(=O)N(C)C)cc1. The van der Waals surface area contributed by atoms with E-state index in [1.165, 1.54) is 11.1 Å². The zero-order chi connectivity index (χ0) is 21.7. The molecule has 0 bridgehead atoms. The van der Waals surface area contributed by atoms with Crippen LogP contribution in [0.5, 0.6) is 0 Å². The number of aliphatic imine (C=N–C) groups is 1. The molecule has 1 aromatic carbocycles. The number of rotatable bonds is 6. The highest BCUT2D eigenvalue weighted by Gasteiger charge is 2.13. The highest BCUT2D eigenvalue weighted by atomic mass is 16.4. The van der Waals surface area contributed by atoms with E-state index in [-0.39, 0.29) is 23.3 Å². The summed E-state index contributed by atoms with van der Waals surface area (Å²) in [5.41, 5.74) is 14.7. The zero-order valence-electron chi connectivity index (χ0n) is 16.6. The number of allylic oxidation sites excluding steroid dienone is 1. The van der Waals surface area contributed by atoms with E-state index in [4.69, 9.17) is 15.9 Å². The van der Waals surface area contributed by atoms with Crippen molar-refractivity contribution in [2.45, 2.75) is 0 Å². The highest BCUT2D eigenvalue weighted by molar-refractivity contribution is 6.09. The van der Waals surface area contributed by atoms with Crippen molar-refractivity contribution >= 4 is 23.4 Å². The molecule has 3 rings (SSSR count). The standard InChI is InChI=1S/C21H21N7O2/c1-13(14-4-6-16(7-5-14)21(29)28(2)3)12-25-18(23)17(22)20-27-26-19(30-20)15-8-10-24-11-9-15/h4-12H,1,22-23H2,2-3H3/b18-17-,25-12-. The summed E-state index contributed by atoms with van der Waals surface area (Å²) in [7, 11) is 3.40. The number of benzene rings is 1. The van der Waals surface area contributed by atoms with Crippen LogP contribution in [0.25, 0.3) is 22.7 Å². The van der Waals surface area contributed by atoms with Gasteiger partial charge in [-0.2, -0.15) is 0 Å². The fourth-order valence-electron chi connectivity index (χ4n) is 2.43. The highest BCUT2D eigenvalue weighted by Crippen LogP contribution is 2.19. The quantitative estimate of drug-likeness (QED) is 0.602. The van der Waals surface area contributed by atoms with Crippen LogP contribution in [-0.2, 0) is 0 Å². The fourth-order valence-corrected chi connectivity index (χ4v) is 2.43. The Hall–Kier alpha value is -4.27. The van der Waals surface area contributed by atoms with Crippen LogP contribution in [0, 0.1) is 0 Å². The largest absolute Gasteiger partial charge is 0.415 e. The van der Waals surface area contributed by atoms with Crippen molar-refractivity contribution in [1.29, 1.82) is 0 Å². The number of carbonyl (C=O) groups excluding carboxylic acids is 1. The molecule has 1 amide bonds. The third-order valence-electron chi connectivity index (χ3n) is 4.13. The van der Waals surface area contributed by atoms with Crippen molar-refractivity contribution in [3.05, 3.63) is 78.2 Å². The average molecular weight is 403 g/mol. The van der Waals surface area contributed by atoms with Crippen LogP contribution in [0.1, 0.15) is 21.8 Å². The summed E-state index contributed by atoms with van der Waals surface area (Å²) in [5, 5.41) is 7.86. The Kier molecular flexibility index (Phi) is 6.02. The number of amides is 1. The molecule has 0 radical (unpaired) electrons. The van der Waals surface area contributed by atoms with Crippen molar-refractivity contribution < 1.29 is 9.21 Å². The molecule has 4 N–H and O–H groups in total. The Morgan fingerprint density at radius 3 is 2.33 bits per heavy atom. The summed E-state index contributed by atoms with van der Waals surface area (Å²) in [6, 6.07) is 10.5. The Morgan fingerprint density at radius 2 is 1.70 bits per heavy atom. The first-order valence-corrected chi connectivity index (χ1v) is 8.91. The van der Waals surface area contributed by atoms with Gasteiger partial charge in [-0.25, -0.2) is 4.99 Å². The Morgan fingerprint density at radius 1 is 1.07 bits per heavy atom. The zero-order valence-corrected chi connectivity index (χ0v) is 16.6. The van der Waals surface area contributed by atoms with Gasteiger partial charge in [0, 0.05) is 43.8 Å². The minimum absolute atomic E-state index is 0.0143. The smallest absolute Gasteiger partial charge is 0.267 e. The van der Waals surface area contributed by atoms with Crippen LogP contribution in [0.3, 0.4) is 0 Å². The van der Waals surface area contributed by atoms with Crippen molar-refractivity contribution in [2.24, 2.45) is 16.5 Å². The lowest BCUT2D eigenvalue weighted by atomic mass is 10.1. The molecular weight excluding hydrogens is 382 g/mol. The van der Waals surface area contributed by atoms with Crippen LogP contribution in [-0.4, -0.2) is 46.3 Å². The van der Waals surface area contributed by atoms with Crippen molar-refractivity contribution in [1.82, 2.24) is 20.1 Å². The van der Waals surface area contributed by atoms with Gasteiger partial charge in [-0.05, 0) is 35.4 Å². The third kappa shape index (κ3) is 4.58. The van der Waals surface area contributed by atoms with Gasteiger partial charge >= 0.3 is 0 Å². The van der Waals surface area contributed by atoms with E-state index < -0.39 is 0 Å². The van der Waals surface area contributed by atoms with Gasteiger partial charge in [0.2, 0.25) is 5.89 Å². The number of hydrogen-bond donors (Lipinski definition) is 2. The van der Waals surface area contributed by atoms with Crippen LogP contribution in [0.4, 0.5) is 0 Å².